The molecule has 0 unspecified atom stereocenters. The first-order chi connectivity index (χ1) is 16.4. The summed E-state index contributed by atoms with van der Waals surface area (Å²) in [5, 5.41) is 12.4. The zero-order valence-electron chi connectivity index (χ0n) is 20.4. The Morgan fingerprint density at radius 2 is 1.71 bits per heavy atom. The highest BCUT2D eigenvalue weighted by molar-refractivity contribution is 5.98. The number of ether oxygens (including phenoxy) is 1. The van der Waals surface area contributed by atoms with Gasteiger partial charge in [0.15, 0.2) is 5.75 Å². The lowest BCUT2D eigenvalue weighted by molar-refractivity contribution is 0.00373. The Balaban J connectivity index is 1.65. The SMILES string of the molecule is Cc1c(C)c(=N[C@@H]2CCCC[C@H]2OCc2ccccc2)c1=Nc1cccc(C(=O)N(C)C)c1O. The van der Waals surface area contributed by atoms with Crippen molar-refractivity contribution in [2.45, 2.75) is 58.3 Å². The van der Waals surface area contributed by atoms with Crippen LogP contribution in [0.15, 0.2) is 58.5 Å². The molecule has 1 N–H and O–H groups in total. The molecule has 6 heteroatoms. The summed E-state index contributed by atoms with van der Waals surface area (Å²) in [6.07, 6.45) is 4.34. The molecule has 1 saturated carbocycles. The van der Waals surface area contributed by atoms with E-state index in [0.717, 1.165) is 47.5 Å². The first-order valence-electron chi connectivity index (χ1n) is 11.9. The minimum atomic E-state index is -0.258. The van der Waals surface area contributed by atoms with Crippen LogP contribution in [0.4, 0.5) is 5.69 Å². The molecule has 1 amide bonds. The predicted octanol–water partition coefficient (Wildman–Crippen LogP) is 4.25. The van der Waals surface area contributed by atoms with Crippen LogP contribution in [0.1, 0.15) is 52.7 Å². The van der Waals surface area contributed by atoms with Crippen molar-refractivity contribution in [3.63, 3.8) is 0 Å². The number of carbonyl (C=O) groups is 1. The van der Waals surface area contributed by atoms with Crippen LogP contribution in [0.2, 0.25) is 0 Å². The van der Waals surface area contributed by atoms with Gasteiger partial charge in [0.05, 0.1) is 35.0 Å². The third-order valence-electron chi connectivity index (χ3n) is 6.65. The lowest BCUT2D eigenvalue weighted by Gasteiger charge is -2.29. The van der Waals surface area contributed by atoms with Gasteiger partial charge in [0, 0.05) is 14.1 Å². The lowest BCUT2D eigenvalue weighted by Crippen LogP contribution is -2.42. The van der Waals surface area contributed by atoms with Gasteiger partial charge in [0.2, 0.25) is 0 Å². The molecule has 2 atom stereocenters. The molecule has 3 aromatic rings. The minimum absolute atomic E-state index is 0.0749. The second kappa shape index (κ2) is 10.3. The summed E-state index contributed by atoms with van der Waals surface area (Å²) in [5.74, 6) is -0.363. The standard InChI is InChI=1S/C28H33N3O3/c1-18-19(2)26(30-23-15-10-13-21(27(23)32)28(33)31(3)4)25(18)29-22-14-8-9-16-24(22)34-17-20-11-6-5-7-12-20/h5-7,10-13,15,22,24,32H,8-9,14,16-17H2,1-4H3/t22-,24-/m1/s1. The van der Waals surface area contributed by atoms with E-state index in [4.69, 9.17) is 14.7 Å². The number of hydrogen-bond acceptors (Lipinski definition) is 5. The molecule has 6 nitrogen and oxygen atoms in total. The molecule has 0 aliphatic heterocycles. The molecule has 3 aromatic carbocycles. The van der Waals surface area contributed by atoms with Gasteiger partial charge < -0.3 is 14.7 Å². The third-order valence-corrected chi connectivity index (χ3v) is 6.65. The fourth-order valence-corrected chi connectivity index (χ4v) is 4.46. The molecule has 0 bridgehead atoms. The molecule has 0 radical (unpaired) electrons. The van der Waals surface area contributed by atoms with E-state index in [2.05, 4.69) is 19.1 Å². The van der Waals surface area contributed by atoms with E-state index in [1.54, 1.807) is 32.3 Å². The van der Waals surface area contributed by atoms with Gasteiger partial charge in [-0.15, -0.1) is 0 Å². The summed E-state index contributed by atoms with van der Waals surface area (Å²) < 4.78 is 6.31. The first-order valence-corrected chi connectivity index (χ1v) is 11.9. The first kappa shape index (κ1) is 23.9. The van der Waals surface area contributed by atoms with Crippen molar-refractivity contribution < 1.29 is 14.6 Å². The molecule has 1 aliphatic rings. The topological polar surface area (TPSA) is 74.5 Å². The summed E-state index contributed by atoms with van der Waals surface area (Å²) in [5.41, 5.74) is 3.96. The number of carbonyl (C=O) groups excluding carboxylic acids is 1. The fraction of sp³-hybridized carbons (Fsp3) is 0.393. The summed E-state index contributed by atoms with van der Waals surface area (Å²) in [4.78, 5) is 23.7. The smallest absolute Gasteiger partial charge is 0.257 e. The van der Waals surface area contributed by atoms with Crippen molar-refractivity contribution in [2.24, 2.45) is 9.98 Å². The summed E-state index contributed by atoms with van der Waals surface area (Å²) >= 11 is 0. The van der Waals surface area contributed by atoms with Gasteiger partial charge in [0.25, 0.3) is 5.91 Å². The molecule has 0 heterocycles. The average molecular weight is 460 g/mol. The Kier molecular flexibility index (Phi) is 7.27. The van der Waals surface area contributed by atoms with Crippen LogP contribution in [0.5, 0.6) is 5.75 Å². The summed E-state index contributed by atoms with van der Waals surface area (Å²) in [7, 11) is 3.32. The zero-order chi connectivity index (χ0) is 24.2. The molecule has 34 heavy (non-hydrogen) atoms. The van der Waals surface area contributed by atoms with Crippen molar-refractivity contribution in [1.82, 2.24) is 4.90 Å². The van der Waals surface area contributed by atoms with E-state index in [1.807, 2.05) is 25.1 Å². The molecule has 4 rings (SSSR count). The number of hydrogen-bond donors (Lipinski definition) is 1. The molecule has 0 aromatic heterocycles. The average Bonchev–Trinajstić information content (AvgIpc) is 2.86. The number of phenolic OH excluding ortho intramolecular Hbond substituents is 1. The van der Waals surface area contributed by atoms with E-state index >= 15 is 0 Å². The number of para-hydroxylation sites is 1. The van der Waals surface area contributed by atoms with E-state index in [0.29, 0.717) is 12.3 Å². The number of amides is 1. The van der Waals surface area contributed by atoms with Crippen molar-refractivity contribution >= 4 is 11.6 Å². The van der Waals surface area contributed by atoms with E-state index < -0.39 is 0 Å². The normalized spacial score (nSPS) is 19.5. The molecule has 0 saturated heterocycles. The van der Waals surface area contributed by atoms with Crippen molar-refractivity contribution in [3.05, 3.63) is 81.5 Å². The van der Waals surface area contributed by atoms with Gasteiger partial charge in [-0.05, 0) is 55.5 Å². The Morgan fingerprint density at radius 1 is 1.00 bits per heavy atom. The molecule has 1 aliphatic carbocycles. The van der Waals surface area contributed by atoms with Gasteiger partial charge in [-0.25, -0.2) is 4.99 Å². The van der Waals surface area contributed by atoms with E-state index in [9.17, 15) is 9.90 Å². The van der Waals surface area contributed by atoms with Crippen LogP contribution >= 0.6 is 0 Å². The van der Waals surface area contributed by atoms with Crippen LogP contribution in [0.25, 0.3) is 0 Å². The quantitative estimate of drug-likeness (QED) is 0.599. The van der Waals surface area contributed by atoms with Crippen molar-refractivity contribution in [3.8, 4) is 5.75 Å². The van der Waals surface area contributed by atoms with Gasteiger partial charge in [-0.1, -0.05) is 49.2 Å². The van der Waals surface area contributed by atoms with E-state index in [1.165, 1.54) is 10.5 Å². The Morgan fingerprint density at radius 3 is 2.44 bits per heavy atom. The Labute approximate surface area is 201 Å². The summed E-state index contributed by atoms with van der Waals surface area (Å²) in [6, 6.07) is 15.4. The van der Waals surface area contributed by atoms with Crippen LogP contribution < -0.4 is 10.7 Å². The van der Waals surface area contributed by atoms with Crippen LogP contribution in [0, 0.1) is 13.8 Å². The number of rotatable bonds is 6. The monoisotopic (exact) mass is 459 g/mol. The lowest BCUT2D eigenvalue weighted by atomic mass is 9.92. The maximum absolute atomic E-state index is 12.4. The molecule has 0 spiro atoms. The number of aromatic hydroxyl groups is 1. The maximum atomic E-state index is 12.4. The van der Waals surface area contributed by atoms with Gasteiger partial charge >= 0.3 is 0 Å². The Bertz CT molecular complexity index is 1250. The molecule has 1 fully saturated rings. The third kappa shape index (κ3) is 4.97. The van der Waals surface area contributed by atoms with Crippen LogP contribution in [-0.4, -0.2) is 42.2 Å². The predicted molar refractivity (Wildman–Crippen MR) is 132 cm³/mol. The van der Waals surface area contributed by atoms with Crippen molar-refractivity contribution in [2.75, 3.05) is 14.1 Å². The highest BCUT2D eigenvalue weighted by Gasteiger charge is 2.26. The van der Waals surface area contributed by atoms with Gasteiger partial charge in [-0.3, -0.25) is 9.79 Å². The summed E-state index contributed by atoms with van der Waals surface area (Å²) in [6.45, 7) is 4.66. The fourth-order valence-electron chi connectivity index (χ4n) is 4.46. The van der Waals surface area contributed by atoms with Gasteiger partial charge in [-0.2, -0.15) is 0 Å². The largest absolute Gasteiger partial charge is 0.505 e. The Hall–Kier alpha value is -3.25. The van der Waals surface area contributed by atoms with Gasteiger partial charge in [0.1, 0.15) is 5.69 Å². The minimum Gasteiger partial charge on any atom is -0.505 e. The molecular formula is C28H33N3O3. The highest BCUT2D eigenvalue weighted by Crippen LogP contribution is 2.30. The number of phenols is 1. The van der Waals surface area contributed by atoms with Crippen molar-refractivity contribution in [1.29, 1.82) is 0 Å². The van der Waals surface area contributed by atoms with Crippen LogP contribution in [-0.2, 0) is 11.3 Å². The van der Waals surface area contributed by atoms with E-state index in [-0.39, 0.29) is 29.4 Å². The zero-order valence-corrected chi connectivity index (χ0v) is 20.4. The molecule has 178 valence electrons. The highest BCUT2D eigenvalue weighted by atomic mass is 16.5. The number of nitrogens with zero attached hydrogens (tertiary/aromatic N) is 3. The number of benzene rings is 2. The molecular weight excluding hydrogens is 426 g/mol. The second-order valence-electron chi connectivity index (χ2n) is 9.25. The second-order valence-corrected chi connectivity index (χ2v) is 9.25. The van der Waals surface area contributed by atoms with Crippen LogP contribution in [0.3, 0.4) is 0 Å². The maximum Gasteiger partial charge on any atom is 0.257 e.